The second-order valence-electron chi connectivity index (χ2n) is 5.95. The molecule has 0 bridgehead atoms. The quantitative estimate of drug-likeness (QED) is 0.526. The first-order chi connectivity index (χ1) is 13.5. The lowest BCUT2D eigenvalue weighted by Gasteiger charge is -2.08. The van der Waals surface area contributed by atoms with Crippen LogP contribution in [0.4, 0.5) is 11.5 Å². The third-order valence-corrected chi connectivity index (χ3v) is 5.61. The van der Waals surface area contributed by atoms with E-state index in [1.54, 1.807) is 18.2 Å². The van der Waals surface area contributed by atoms with E-state index in [1.165, 1.54) is 11.8 Å². The van der Waals surface area contributed by atoms with Crippen molar-refractivity contribution in [1.82, 2.24) is 4.98 Å². The Labute approximate surface area is 175 Å². The first kappa shape index (κ1) is 18.8. The van der Waals surface area contributed by atoms with Gasteiger partial charge in [-0.1, -0.05) is 35.3 Å². The molecule has 5 nitrogen and oxygen atoms in total. The average molecular weight is 429 g/mol. The van der Waals surface area contributed by atoms with Crippen LogP contribution in [-0.2, 0) is 4.79 Å². The number of benzene rings is 2. The van der Waals surface area contributed by atoms with Gasteiger partial charge in [-0.2, -0.15) is 4.99 Å². The summed E-state index contributed by atoms with van der Waals surface area (Å²) in [6, 6.07) is 14.9. The van der Waals surface area contributed by atoms with Gasteiger partial charge < -0.3 is 10.6 Å². The molecule has 0 saturated carbocycles. The fraction of sp³-hybridized carbons (Fsp3) is 0.0500. The molecule has 2 N–H and O–H groups in total. The molecule has 0 radical (unpaired) electrons. The number of anilines is 2. The zero-order chi connectivity index (χ0) is 19.7. The molecular formula is C20H14Cl2N4OS. The number of halogens is 2. The number of nitrogens with one attached hydrogen (secondary N) is 2. The number of para-hydroxylation sites is 1. The highest BCUT2D eigenvalue weighted by Crippen LogP contribution is 2.34. The summed E-state index contributed by atoms with van der Waals surface area (Å²) in [6.45, 7) is 0. The summed E-state index contributed by atoms with van der Waals surface area (Å²) < 4.78 is 0. The van der Waals surface area contributed by atoms with E-state index >= 15 is 0 Å². The van der Waals surface area contributed by atoms with E-state index in [1.807, 2.05) is 43.5 Å². The molecule has 2 heterocycles. The molecule has 3 aromatic rings. The highest BCUT2D eigenvalue weighted by molar-refractivity contribution is 8.18. The van der Waals surface area contributed by atoms with Crippen LogP contribution in [-0.4, -0.2) is 23.1 Å². The van der Waals surface area contributed by atoms with Crippen LogP contribution in [0.3, 0.4) is 0 Å². The molecule has 1 aliphatic heterocycles. The number of carbonyl (C=O) groups is 1. The number of fused-ring (bicyclic) bond motifs is 1. The summed E-state index contributed by atoms with van der Waals surface area (Å²) in [6.07, 6.45) is 1.81. The van der Waals surface area contributed by atoms with Crippen molar-refractivity contribution in [3.05, 3.63) is 69.0 Å². The molecule has 4 rings (SSSR count). The van der Waals surface area contributed by atoms with Gasteiger partial charge in [-0.05, 0) is 59.8 Å². The number of rotatable bonds is 3. The van der Waals surface area contributed by atoms with Gasteiger partial charge in [0, 0.05) is 12.4 Å². The number of amides is 1. The average Bonchev–Trinajstić information content (AvgIpc) is 3.03. The lowest BCUT2D eigenvalue weighted by molar-refractivity contribution is -0.113. The Morgan fingerprint density at radius 2 is 1.86 bits per heavy atom. The van der Waals surface area contributed by atoms with Crippen LogP contribution in [0, 0.1) is 0 Å². The topological polar surface area (TPSA) is 66.4 Å². The van der Waals surface area contributed by atoms with Crippen molar-refractivity contribution in [3.8, 4) is 0 Å². The molecule has 1 amide bonds. The third-order valence-electron chi connectivity index (χ3n) is 4.08. The Morgan fingerprint density at radius 1 is 1.07 bits per heavy atom. The van der Waals surface area contributed by atoms with E-state index in [0.29, 0.717) is 25.8 Å². The number of pyridine rings is 1. The second-order valence-corrected chi connectivity index (χ2v) is 7.80. The molecule has 140 valence electrons. The minimum Gasteiger partial charge on any atom is -0.373 e. The first-order valence-electron chi connectivity index (χ1n) is 8.35. The van der Waals surface area contributed by atoms with Gasteiger partial charge in [-0.3, -0.25) is 4.79 Å². The molecular weight excluding hydrogens is 415 g/mol. The summed E-state index contributed by atoms with van der Waals surface area (Å²) in [5, 5.41) is 8.41. The largest absolute Gasteiger partial charge is 0.373 e. The Morgan fingerprint density at radius 3 is 2.61 bits per heavy atom. The molecule has 0 unspecified atom stereocenters. The first-order valence-corrected chi connectivity index (χ1v) is 9.93. The number of nitrogens with zero attached hydrogens (tertiary/aromatic N) is 2. The van der Waals surface area contributed by atoms with Gasteiger partial charge in [0.2, 0.25) is 0 Å². The van der Waals surface area contributed by atoms with Crippen molar-refractivity contribution in [2.24, 2.45) is 4.99 Å². The van der Waals surface area contributed by atoms with E-state index in [0.717, 1.165) is 22.3 Å². The van der Waals surface area contributed by atoms with Crippen LogP contribution in [0.2, 0.25) is 10.0 Å². The van der Waals surface area contributed by atoms with Crippen LogP contribution in [0.25, 0.3) is 17.0 Å². The molecule has 1 aliphatic rings. The minimum absolute atomic E-state index is 0.306. The number of aromatic nitrogens is 1. The van der Waals surface area contributed by atoms with E-state index in [9.17, 15) is 4.79 Å². The van der Waals surface area contributed by atoms with Gasteiger partial charge in [0.15, 0.2) is 5.17 Å². The molecule has 0 aliphatic carbocycles. The third kappa shape index (κ3) is 3.85. The van der Waals surface area contributed by atoms with Crippen molar-refractivity contribution in [3.63, 3.8) is 0 Å². The number of carbonyl (C=O) groups excluding carboxylic acids is 1. The fourth-order valence-electron chi connectivity index (χ4n) is 2.71. The maximum atomic E-state index is 12.3. The fourth-order valence-corrected chi connectivity index (χ4v) is 4.02. The molecule has 8 heteroatoms. The summed E-state index contributed by atoms with van der Waals surface area (Å²) >= 11 is 13.6. The van der Waals surface area contributed by atoms with Crippen molar-refractivity contribution in [2.75, 3.05) is 17.7 Å². The Balaban J connectivity index is 1.56. The highest BCUT2D eigenvalue weighted by atomic mass is 35.5. The number of thioether (sulfide) groups is 1. The molecule has 1 aromatic heterocycles. The number of amidine groups is 1. The second kappa shape index (κ2) is 7.83. The Bertz CT molecular complexity index is 1140. The van der Waals surface area contributed by atoms with Gasteiger partial charge in [0.05, 0.1) is 26.2 Å². The van der Waals surface area contributed by atoms with Crippen LogP contribution in [0.1, 0.15) is 5.56 Å². The summed E-state index contributed by atoms with van der Waals surface area (Å²) in [5.74, 6) is 0.502. The maximum Gasteiger partial charge on any atom is 0.286 e. The molecule has 0 fully saturated rings. The van der Waals surface area contributed by atoms with Gasteiger partial charge in [0.25, 0.3) is 5.91 Å². The zero-order valence-corrected chi connectivity index (χ0v) is 17.0. The van der Waals surface area contributed by atoms with E-state index in [-0.39, 0.29) is 5.91 Å². The smallest absolute Gasteiger partial charge is 0.286 e. The van der Waals surface area contributed by atoms with Crippen LogP contribution in [0.15, 0.2) is 58.4 Å². The van der Waals surface area contributed by atoms with Gasteiger partial charge in [-0.25, -0.2) is 4.98 Å². The molecule has 28 heavy (non-hydrogen) atoms. The predicted octanol–water partition coefficient (Wildman–Crippen LogP) is 5.67. The summed E-state index contributed by atoms with van der Waals surface area (Å²) in [7, 11) is 1.83. The standard InChI is InChI=1S/C20H14Cl2N4OS/c1-23-17-8-6-12-9-11(5-7-15(12)24-17)10-16-19(27)26-20(28-16)25-18-13(21)3-2-4-14(18)22/h2-10H,1H3,(H,23,24)(H,25,26,27)/b16-10-. The van der Waals surface area contributed by atoms with Crippen molar-refractivity contribution in [1.29, 1.82) is 0 Å². The van der Waals surface area contributed by atoms with E-state index in [4.69, 9.17) is 23.2 Å². The SMILES string of the molecule is CNc1ccc2cc(/C=C3\SC(Nc4c(Cl)cccc4Cl)=NC3=O)ccc2n1. The van der Waals surface area contributed by atoms with E-state index < -0.39 is 0 Å². The molecule has 0 spiro atoms. The predicted molar refractivity (Wildman–Crippen MR) is 119 cm³/mol. The molecule has 0 atom stereocenters. The van der Waals surface area contributed by atoms with Gasteiger partial charge in [-0.15, -0.1) is 0 Å². The Hall–Kier alpha value is -2.54. The number of hydrogen-bond acceptors (Lipinski definition) is 5. The van der Waals surface area contributed by atoms with Crippen molar-refractivity contribution >= 4 is 74.5 Å². The van der Waals surface area contributed by atoms with Gasteiger partial charge >= 0.3 is 0 Å². The van der Waals surface area contributed by atoms with Crippen molar-refractivity contribution in [2.45, 2.75) is 0 Å². The zero-order valence-electron chi connectivity index (χ0n) is 14.7. The van der Waals surface area contributed by atoms with Crippen molar-refractivity contribution < 1.29 is 4.79 Å². The number of hydrogen-bond donors (Lipinski definition) is 2. The summed E-state index contributed by atoms with van der Waals surface area (Å²) in [4.78, 5) is 21.4. The van der Waals surface area contributed by atoms with Crippen LogP contribution < -0.4 is 10.6 Å². The Kier molecular flexibility index (Phi) is 5.26. The van der Waals surface area contributed by atoms with Crippen LogP contribution >= 0.6 is 35.0 Å². The lowest BCUT2D eigenvalue weighted by atomic mass is 10.1. The van der Waals surface area contributed by atoms with Crippen LogP contribution in [0.5, 0.6) is 0 Å². The monoisotopic (exact) mass is 428 g/mol. The van der Waals surface area contributed by atoms with Gasteiger partial charge in [0.1, 0.15) is 5.82 Å². The molecule has 0 saturated heterocycles. The minimum atomic E-state index is -0.306. The maximum absolute atomic E-state index is 12.3. The summed E-state index contributed by atoms with van der Waals surface area (Å²) in [5.41, 5.74) is 2.31. The lowest BCUT2D eigenvalue weighted by Crippen LogP contribution is -2.05. The molecule has 2 aromatic carbocycles. The normalized spacial score (nSPS) is 15.2. The highest BCUT2D eigenvalue weighted by Gasteiger charge is 2.23. The number of aliphatic imine (C=N–C) groups is 1. The van der Waals surface area contributed by atoms with E-state index in [2.05, 4.69) is 20.6 Å².